The van der Waals surface area contributed by atoms with Gasteiger partial charge in [0, 0.05) is 6.42 Å². The molecule has 12 heavy (non-hydrogen) atoms. The molecule has 0 unspecified atom stereocenters. The number of aliphatic hydroxyl groups is 1. The minimum absolute atomic E-state index is 0.113. The van der Waals surface area contributed by atoms with Gasteiger partial charge >= 0.3 is 0 Å². The molecule has 2 aliphatic heterocycles. The number of hydrogen-bond donors (Lipinski definition) is 1. The van der Waals surface area contributed by atoms with Crippen LogP contribution in [0.5, 0.6) is 0 Å². The van der Waals surface area contributed by atoms with Crippen molar-refractivity contribution in [2.75, 3.05) is 0 Å². The van der Waals surface area contributed by atoms with Crippen molar-refractivity contribution in [3.8, 4) is 0 Å². The average molecular weight is 172 g/mol. The van der Waals surface area contributed by atoms with Crippen molar-refractivity contribution in [3.05, 3.63) is 0 Å². The number of rotatable bonds is 1. The molecular weight excluding hydrogens is 156 g/mol. The third-order valence-electron chi connectivity index (χ3n) is 2.75. The highest BCUT2D eigenvalue weighted by atomic mass is 16.8. The number of aliphatic hydroxyl groups excluding tert-OH is 1. The van der Waals surface area contributed by atoms with Crippen LogP contribution >= 0.6 is 0 Å². The zero-order chi connectivity index (χ0) is 8.77. The molecule has 2 saturated heterocycles. The van der Waals surface area contributed by atoms with Crippen molar-refractivity contribution in [1.82, 2.24) is 0 Å². The Kier molecular flexibility index (Phi) is 1.90. The minimum Gasteiger partial charge on any atom is -0.391 e. The van der Waals surface area contributed by atoms with E-state index in [1.165, 1.54) is 0 Å². The molecule has 2 rings (SSSR count). The first-order valence-electron chi connectivity index (χ1n) is 4.64. The molecular formula is C9H16O3. The van der Waals surface area contributed by atoms with Gasteiger partial charge in [0.1, 0.15) is 6.10 Å². The van der Waals surface area contributed by atoms with Crippen molar-refractivity contribution in [2.45, 2.75) is 57.2 Å². The molecule has 0 saturated carbocycles. The SMILES string of the molecule is C[C@H](O)[C@H]1O[C@]2(C)CCC[C@@H]1O2. The molecule has 70 valence electrons. The van der Waals surface area contributed by atoms with Gasteiger partial charge in [-0.1, -0.05) is 0 Å². The summed E-state index contributed by atoms with van der Waals surface area (Å²) in [6.07, 6.45) is 2.69. The summed E-state index contributed by atoms with van der Waals surface area (Å²) in [7, 11) is 0. The van der Waals surface area contributed by atoms with Gasteiger partial charge in [-0.05, 0) is 26.7 Å². The van der Waals surface area contributed by atoms with E-state index >= 15 is 0 Å². The summed E-state index contributed by atoms with van der Waals surface area (Å²) in [6.45, 7) is 3.72. The summed E-state index contributed by atoms with van der Waals surface area (Å²) in [6, 6.07) is 0. The lowest BCUT2D eigenvalue weighted by molar-refractivity contribution is -0.183. The van der Waals surface area contributed by atoms with Crippen molar-refractivity contribution in [2.24, 2.45) is 0 Å². The van der Waals surface area contributed by atoms with Gasteiger partial charge in [0.2, 0.25) is 0 Å². The van der Waals surface area contributed by atoms with Gasteiger partial charge in [-0.3, -0.25) is 0 Å². The van der Waals surface area contributed by atoms with Gasteiger partial charge in [0.05, 0.1) is 12.2 Å². The predicted molar refractivity (Wildman–Crippen MR) is 43.7 cm³/mol. The second-order valence-electron chi connectivity index (χ2n) is 4.01. The first-order chi connectivity index (χ1) is 5.61. The lowest BCUT2D eigenvalue weighted by Crippen LogP contribution is -2.32. The van der Waals surface area contributed by atoms with Crippen LogP contribution in [-0.2, 0) is 9.47 Å². The summed E-state index contributed by atoms with van der Waals surface area (Å²) in [4.78, 5) is 0. The Hall–Kier alpha value is -0.120. The Bertz CT molecular complexity index is 181. The Morgan fingerprint density at radius 2 is 2.25 bits per heavy atom. The van der Waals surface area contributed by atoms with Gasteiger partial charge in [-0.25, -0.2) is 0 Å². The maximum Gasteiger partial charge on any atom is 0.166 e. The highest BCUT2D eigenvalue weighted by molar-refractivity contribution is 4.90. The Morgan fingerprint density at radius 1 is 1.50 bits per heavy atom. The van der Waals surface area contributed by atoms with Crippen LogP contribution in [0.15, 0.2) is 0 Å². The third-order valence-corrected chi connectivity index (χ3v) is 2.75. The fourth-order valence-corrected chi connectivity index (χ4v) is 2.15. The quantitative estimate of drug-likeness (QED) is 0.642. The van der Waals surface area contributed by atoms with E-state index < -0.39 is 11.9 Å². The molecule has 2 heterocycles. The van der Waals surface area contributed by atoms with Gasteiger partial charge in [-0.15, -0.1) is 0 Å². The topological polar surface area (TPSA) is 38.7 Å². The number of hydrogen-bond acceptors (Lipinski definition) is 3. The fourth-order valence-electron chi connectivity index (χ4n) is 2.15. The number of fused-ring (bicyclic) bond motifs is 2. The van der Waals surface area contributed by atoms with Gasteiger partial charge < -0.3 is 14.6 Å². The van der Waals surface area contributed by atoms with E-state index in [9.17, 15) is 5.11 Å². The van der Waals surface area contributed by atoms with Crippen LogP contribution in [0, 0.1) is 0 Å². The lowest BCUT2D eigenvalue weighted by atomic mass is 10.0. The van der Waals surface area contributed by atoms with E-state index in [0.29, 0.717) is 0 Å². The maximum absolute atomic E-state index is 9.41. The van der Waals surface area contributed by atoms with E-state index in [0.717, 1.165) is 19.3 Å². The zero-order valence-electron chi connectivity index (χ0n) is 7.62. The summed E-state index contributed by atoms with van der Waals surface area (Å²) in [5, 5.41) is 9.41. The summed E-state index contributed by atoms with van der Waals surface area (Å²) in [5.74, 6) is -0.412. The Labute approximate surface area is 72.7 Å². The van der Waals surface area contributed by atoms with Crippen LogP contribution in [0.1, 0.15) is 33.1 Å². The van der Waals surface area contributed by atoms with Crippen LogP contribution < -0.4 is 0 Å². The first-order valence-corrected chi connectivity index (χ1v) is 4.64. The van der Waals surface area contributed by atoms with Crippen molar-refractivity contribution < 1.29 is 14.6 Å². The first kappa shape index (κ1) is 8.48. The molecule has 2 aliphatic rings. The molecule has 0 radical (unpaired) electrons. The van der Waals surface area contributed by atoms with Crippen molar-refractivity contribution >= 4 is 0 Å². The largest absolute Gasteiger partial charge is 0.391 e. The summed E-state index contributed by atoms with van der Waals surface area (Å²) in [5.41, 5.74) is 0. The van der Waals surface area contributed by atoms with Crippen LogP contribution in [0.3, 0.4) is 0 Å². The summed E-state index contributed by atoms with van der Waals surface area (Å²) < 4.78 is 11.3. The van der Waals surface area contributed by atoms with Crippen LogP contribution in [0.4, 0.5) is 0 Å². The van der Waals surface area contributed by atoms with E-state index in [4.69, 9.17) is 9.47 Å². The van der Waals surface area contributed by atoms with E-state index in [1.807, 2.05) is 6.92 Å². The molecule has 0 amide bonds. The Morgan fingerprint density at radius 3 is 2.83 bits per heavy atom. The molecule has 2 fully saturated rings. The zero-order valence-corrected chi connectivity index (χ0v) is 7.62. The van der Waals surface area contributed by atoms with E-state index in [2.05, 4.69) is 0 Å². The molecule has 0 aromatic rings. The minimum atomic E-state index is -0.421. The van der Waals surface area contributed by atoms with Crippen molar-refractivity contribution in [1.29, 1.82) is 0 Å². The monoisotopic (exact) mass is 172 g/mol. The molecule has 0 spiro atoms. The van der Waals surface area contributed by atoms with E-state index in [-0.39, 0.29) is 12.2 Å². The molecule has 0 aromatic heterocycles. The predicted octanol–water partition coefficient (Wildman–Crippen LogP) is 1.05. The lowest BCUT2D eigenvalue weighted by Gasteiger charge is -2.26. The van der Waals surface area contributed by atoms with Gasteiger partial charge in [-0.2, -0.15) is 0 Å². The van der Waals surface area contributed by atoms with Crippen LogP contribution in [0.2, 0.25) is 0 Å². The highest BCUT2D eigenvalue weighted by Gasteiger charge is 2.48. The smallest absolute Gasteiger partial charge is 0.166 e. The van der Waals surface area contributed by atoms with Crippen LogP contribution in [-0.4, -0.2) is 29.2 Å². The number of ether oxygens (including phenoxy) is 2. The van der Waals surface area contributed by atoms with Gasteiger partial charge in [0.25, 0.3) is 0 Å². The maximum atomic E-state index is 9.41. The normalized spacial score (nSPS) is 49.2. The van der Waals surface area contributed by atoms with Gasteiger partial charge in [0.15, 0.2) is 5.79 Å². The summed E-state index contributed by atoms with van der Waals surface area (Å²) >= 11 is 0. The van der Waals surface area contributed by atoms with Crippen molar-refractivity contribution in [3.63, 3.8) is 0 Å². The molecule has 3 nitrogen and oxygen atoms in total. The standard InChI is InChI=1S/C9H16O3/c1-6(10)8-7-4-3-5-9(2,11-7)12-8/h6-8,10H,3-5H2,1-2H3/t6-,7-,8+,9+/m0/s1. The second kappa shape index (κ2) is 2.69. The molecule has 0 aromatic carbocycles. The molecule has 4 atom stereocenters. The van der Waals surface area contributed by atoms with E-state index in [1.54, 1.807) is 6.92 Å². The molecule has 0 aliphatic carbocycles. The third kappa shape index (κ3) is 1.26. The Balaban J connectivity index is 2.12. The molecule has 1 N–H and O–H groups in total. The second-order valence-corrected chi connectivity index (χ2v) is 4.01. The highest BCUT2D eigenvalue weighted by Crippen LogP contribution is 2.40. The average Bonchev–Trinajstić information content (AvgIpc) is 2.22. The molecule has 2 bridgehead atoms. The fraction of sp³-hybridized carbons (Fsp3) is 1.00. The molecule has 3 heteroatoms. The van der Waals surface area contributed by atoms with Crippen LogP contribution in [0.25, 0.3) is 0 Å².